The first kappa shape index (κ1) is 17.5. The topological polar surface area (TPSA) is 105 Å². The predicted molar refractivity (Wildman–Crippen MR) is 88.8 cm³/mol. The van der Waals surface area contributed by atoms with Crippen LogP contribution in [0.25, 0.3) is 0 Å². The van der Waals surface area contributed by atoms with E-state index in [1.807, 2.05) is 0 Å². The molecule has 2 heterocycles. The van der Waals surface area contributed by atoms with Crippen molar-refractivity contribution in [3.05, 3.63) is 41.6 Å². The van der Waals surface area contributed by atoms with Gasteiger partial charge in [-0.1, -0.05) is 6.07 Å². The molecule has 0 unspecified atom stereocenters. The van der Waals surface area contributed by atoms with Crippen LogP contribution in [0.5, 0.6) is 0 Å². The molecule has 25 heavy (non-hydrogen) atoms. The van der Waals surface area contributed by atoms with E-state index in [1.54, 1.807) is 13.1 Å². The van der Waals surface area contributed by atoms with Crippen LogP contribution in [0.15, 0.2) is 29.7 Å². The van der Waals surface area contributed by atoms with E-state index >= 15 is 0 Å². The lowest BCUT2D eigenvalue weighted by Gasteiger charge is -2.19. The Morgan fingerprint density at radius 3 is 2.96 bits per heavy atom. The normalized spacial score (nSPS) is 14.2. The number of sulfonamides is 1. The molecule has 8 nitrogen and oxygen atoms in total. The molecule has 0 spiro atoms. The fourth-order valence-corrected chi connectivity index (χ4v) is 3.55. The van der Waals surface area contributed by atoms with E-state index in [-0.39, 0.29) is 10.7 Å². The van der Waals surface area contributed by atoms with Gasteiger partial charge in [0.25, 0.3) is 10.0 Å². The number of halogens is 1. The second kappa shape index (κ2) is 6.90. The maximum absolute atomic E-state index is 14.5. The van der Waals surface area contributed by atoms with E-state index in [0.29, 0.717) is 25.1 Å². The first-order valence-corrected chi connectivity index (χ1v) is 9.13. The van der Waals surface area contributed by atoms with Crippen LogP contribution in [0.4, 0.5) is 10.1 Å². The van der Waals surface area contributed by atoms with Gasteiger partial charge in [0.2, 0.25) is 5.91 Å². The average molecular weight is 367 g/mol. The Kier molecular flexibility index (Phi) is 4.84. The molecule has 1 aliphatic rings. The number of hydrogen-bond donors (Lipinski definition) is 3. The second-order valence-electron chi connectivity index (χ2n) is 5.74. The van der Waals surface area contributed by atoms with Crippen molar-refractivity contribution in [1.82, 2.24) is 19.6 Å². The third kappa shape index (κ3) is 3.86. The van der Waals surface area contributed by atoms with Gasteiger partial charge in [-0.3, -0.25) is 4.79 Å². The number of anilines is 1. The Morgan fingerprint density at radius 1 is 1.44 bits per heavy atom. The summed E-state index contributed by atoms with van der Waals surface area (Å²) in [6, 6.07) is 3.23. The lowest BCUT2D eigenvalue weighted by molar-refractivity contribution is -0.115. The van der Waals surface area contributed by atoms with Crippen molar-refractivity contribution in [3.8, 4) is 0 Å². The van der Waals surface area contributed by atoms with E-state index in [1.165, 1.54) is 23.2 Å². The molecule has 3 rings (SSSR count). The molecule has 0 bridgehead atoms. The molecule has 0 aliphatic carbocycles. The Hall–Kier alpha value is -2.30. The van der Waals surface area contributed by atoms with Gasteiger partial charge in [0.05, 0.1) is 18.6 Å². The summed E-state index contributed by atoms with van der Waals surface area (Å²) in [5.41, 5.74) is 1.48. The van der Waals surface area contributed by atoms with Crippen molar-refractivity contribution >= 4 is 21.6 Å². The highest BCUT2D eigenvalue weighted by Gasteiger charge is 2.20. The molecular weight excluding hydrogens is 349 g/mol. The fourth-order valence-electron chi connectivity index (χ4n) is 2.59. The van der Waals surface area contributed by atoms with Crippen LogP contribution in [0.1, 0.15) is 11.1 Å². The molecule has 0 radical (unpaired) electrons. The lowest BCUT2D eigenvalue weighted by atomic mass is 9.99. The number of amides is 1. The number of hydrogen-bond acceptors (Lipinski definition) is 5. The smallest absolute Gasteiger partial charge is 0.260 e. The van der Waals surface area contributed by atoms with E-state index in [9.17, 15) is 17.6 Å². The Morgan fingerprint density at radius 2 is 2.24 bits per heavy atom. The molecule has 1 aromatic heterocycles. The SMILES string of the molecule is Cn1cnc(S(=O)(=O)NCC(=O)Nc2ccc3c(c2F)CCNC3)c1. The molecule has 0 saturated carbocycles. The van der Waals surface area contributed by atoms with Crippen molar-refractivity contribution in [1.29, 1.82) is 0 Å². The maximum atomic E-state index is 14.5. The third-order valence-electron chi connectivity index (χ3n) is 3.86. The van der Waals surface area contributed by atoms with Crippen molar-refractivity contribution in [2.45, 2.75) is 18.0 Å². The highest BCUT2D eigenvalue weighted by Crippen LogP contribution is 2.24. The largest absolute Gasteiger partial charge is 0.339 e. The van der Waals surface area contributed by atoms with Crippen molar-refractivity contribution in [3.63, 3.8) is 0 Å². The van der Waals surface area contributed by atoms with E-state index < -0.39 is 28.3 Å². The minimum absolute atomic E-state index is 0.0442. The van der Waals surface area contributed by atoms with Gasteiger partial charge in [0.15, 0.2) is 5.03 Å². The highest BCUT2D eigenvalue weighted by atomic mass is 32.2. The molecular formula is C15H18FN5O3S. The quantitative estimate of drug-likeness (QED) is 0.696. The molecule has 1 aliphatic heterocycles. The fraction of sp³-hybridized carbons (Fsp3) is 0.333. The molecule has 3 N–H and O–H groups in total. The number of fused-ring (bicyclic) bond motifs is 1. The minimum Gasteiger partial charge on any atom is -0.339 e. The van der Waals surface area contributed by atoms with Crippen LogP contribution < -0.4 is 15.4 Å². The predicted octanol–water partition coefficient (Wildman–Crippen LogP) is 0.122. The van der Waals surface area contributed by atoms with E-state index in [0.717, 1.165) is 5.56 Å². The maximum Gasteiger partial charge on any atom is 0.260 e. The molecule has 1 aromatic carbocycles. The molecule has 0 atom stereocenters. The zero-order chi connectivity index (χ0) is 18.0. The van der Waals surface area contributed by atoms with Gasteiger partial charge in [0.1, 0.15) is 5.82 Å². The summed E-state index contributed by atoms with van der Waals surface area (Å²) in [4.78, 5) is 15.7. The van der Waals surface area contributed by atoms with Crippen LogP contribution >= 0.6 is 0 Å². The Balaban J connectivity index is 1.65. The lowest BCUT2D eigenvalue weighted by Crippen LogP contribution is -2.33. The van der Waals surface area contributed by atoms with Gasteiger partial charge in [-0.25, -0.2) is 22.5 Å². The number of benzene rings is 1. The number of nitrogens with zero attached hydrogens (tertiary/aromatic N) is 2. The molecule has 2 aromatic rings. The second-order valence-corrected chi connectivity index (χ2v) is 7.46. The van der Waals surface area contributed by atoms with Crippen LogP contribution in [0.3, 0.4) is 0 Å². The third-order valence-corrected chi connectivity index (χ3v) is 5.15. The standard InChI is InChI=1S/C15H18FN5O3S/c1-21-8-14(18-9-21)25(23,24)19-7-13(22)20-12-3-2-10-6-17-5-4-11(10)15(12)16/h2-3,8-9,17,19H,4-7H2,1H3,(H,20,22). The van der Waals surface area contributed by atoms with Crippen LogP contribution in [-0.2, 0) is 34.8 Å². The summed E-state index contributed by atoms with van der Waals surface area (Å²) in [5, 5.41) is 5.36. The van der Waals surface area contributed by atoms with Gasteiger partial charge in [-0.15, -0.1) is 0 Å². The number of aromatic nitrogens is 2. The van der Waals surface area contributed by atoms with Gasteiger partial charge in [-0.2, -0.15) is 0 Å². The molecule has 10 heteroatoms. The summed E-state index contributed by atoms with van der Waals surface area (Å²) in [7, 11) is -2.26. The number of rotatable bonds is 5. The van der Waals surface area contributed by atoms with Crippen molar-refractivity contribution in [2.24, 2.45) is 7.05 Å². The highest BCUT2D eigenvalue weighted by molar-refractivity contribution is 7.89. The van der Waals surface area contributed by atoms with Gasteiger partial charge >= 0.3 is 0 Å². The molecule has 1 amide bonds. The van der Waals surface area contributed by atoms with Crippen LogP contribution in [-0.4, -0.2) is 37.0 Å². The summed E-state index contributed by atoms with van der Waals surface area (Å²) < 4.78 is 42.1. The minimum atomic E-state index is -3.90. The molecule has 0 saturated heterocycles. The van der Waals surface area contributed by atoms with Gasteiger partial charge in [0, 0.05) is 19.8 Å². The number of carbonyl (C=O) groups is 1. The van der Waals surface area contributed by atoms with Crippen LogP contribution in [0, 0.1) is 5.82 Å². The average Bonchev–Trinajstić information content (AvgIpc) is 3.03. The van der Waals surface area contributed by atoms with E-state index in [2.05, 4.69) is 20.3 Å². The van der Waals surface area contributed by atoms with Gasteiger partial charge < -0.3 is 15.2 Å². The zero-order valence-electron chi connectivity index (χ0n) is 13.5. The van der Waals surface area contributed by atoms with Crippen molar-refractivity contribution in [2.75, 3.05) is 18.4 Å². The first-order chi connectivity index (χ1) is 11.9. The summed E-state index contributed by atoms with van der Waals surface area (Å²) in [6.07, 6.45) is 3.20. The summed E-state index contributed by atoms with van der Waals surface area (Å²) in [6.45, 7) is 0.743. The number of carbonyl (C=O) groups excluding carboxylic acids is 1. The van der Waals surface area contributed by atoms with Crippen LogP contribution in [0.2, 0.25) is 0 Å². The monoisotopic (exact) mass is 367 g/mol. The Labute approximate surface area is 144 Å². The zero-order valence-corrected chi connectivity index (χ0v) is 14.4. The van der Waals surface area contributed by atoms with Gasteiger partial charge in [-0.05, 0) is 30.2 Å². The number of nitrogens with one attached hydrogen (secondary N) is 3. The molecule has 134 valence electrons. The molecule has 0 fully saturated rings. The first-order valence-electron chi connectivity index (χ1n) is 7.65. The van der Waals surface area contributed by atoms with E-state index in [4.69, 9.17) is 0 Å². The summed E-state index contributed by atoms with van der Waals surface area (Å²) in [5.74, 6) is -1.13. The van der Waals surface area contributed by atoms with Crippen molar-refractivity contribution < 1.29 is 17.6 Å². The number of aryl methyl sites for hydroxylation is 1. The Bertz CT molecular complexity index is 910. The summed E-state index contributed by atoms with van der Waals surface area (Å²) >= 11 is 0. The number of imidazole rings is 1.